The number of rotatable bonds is 10. The number of aliphatic hydroxyl groups excluding tert-OH is 1. The van der Waals surface area contributed by atoms with Gasteiger partial charge in [0, 0.05) is 30.0 Å². The van der Waals surface area contributed by atoms with E-state index in [9.17, 15) is 9.59 Å². The Morgan fingerprint density at radius 2 is 2.00 bits per heavy atom. The van der Waals surface area contributed by atoms with Crippen molar-refractivity contribution >= 4 is 23.8 Å². The highest BCUT2D eigenvalue weighted by molar-refractivity contribution is 6.36. The maximum Gasteiger partial charge on any atom is 0.356 e. The summed E-state index contributed by atoms with van der Waals surface area (Å²) in [6, 6.07) is 1.29. The zero-order valence-corrected chi connectivity index (χ0v) is 19.7. The number of amides is 1. The number of methoxy groups -OCH3 is 2. The summed E-state index contributed by atoms with van der Waals surface area (Å²) in [7, 11) is 2.92. The molecule has 2 N–H and O–H groups in total. The second kappa shape index (κ2) is 10.9. The van der Waals surface area contributed by atoms with E-state index in [1.54, 1.807) is 6.92 Å². The van der Waals surface area contributed by atoms with Gasteiger partial charge in [-0.1, -0.05) is 10.3 Å². The molecule has 4 rings (SSSR count). The monoisotopic (exact) mass is 504 g/mol. The van der Waals surface area contributed by atoms with Crippen molar-refractivity contribution in [2.24, 2.45) is 10.3 Å². The second-order valence-corrected chi connectivity index (χ2v) is 7.45. The summed E-state index contributed by atoms with van der Waals surface area (Å²) in [5.74, 6) is 0.235. The number of carbonyl (C=O) groups excluding carboxylic acids is 2. The number of esters is 1. The van der Waals surface area contributed by atoms with Crippen molar-refractivity contribution < 1.29 is 47.7 Å². The number of fused-ring (bicyclic) bond motifs is 1. The van der Waals surface area contributed by atoms with E-state index in [2.05, 4.69) is 20.8 Å². The normalized spacial score (nSPS) is 16.0. The van der Waals surface area contributed by atoms with E-state index >= 15 is 0 Å². The van der Waals surface area contributed by atoms with Crippen molar-refractivity contribution in [3.8, 4) is 23.0 Å². The molecule has 0 spiro atoms. The number of ether oxygens (including phenoxy) is 5. The molecule has 2 aliphatic rings. The minimum absolute atomic E-state index is 0.0474. The summed E-state index contributed by atoms with van der Waals surface area (Å²) >= 11 is 0. The van der Waals surface area contributed by atoms with Gasteiger partial charge >= 0.3 is 5.97 Å². The molecule has 1 aromatic heterocycles. The molecular weight excluding hydrogens is 480 g/mol. The number of nitrogens with zero attached hydrogens (tertiary/aromatic N) is 3. The van der Waals surface area contributed by atoms with Crippen LogP contribution < -0.4 is 24.4 Å². The van der Waals surface area contributed by atoms with Crippen molar-refractivity contribution in [2.45, 2.75) is 32.5 Å². The number of carbonyl (C=O) groups is 2. The topological polar surface area (TPSA) is 173 Å². The standard InChI is InChI=1S/C22H24N4O10/c1-4-32-22(29)16-6-11(35-26-16)5-13-14(8-23-24-21(28)15-7-12(9-27)36-25-15)18(31-3)20-19(17(13)30-2)33-10-34-20/h7-8,11,27H,4-6,9-10H2,1-3H3,(H,24,28)/b23-8+/t11-/m1/s1. The molecule has 0 saturated heterocycles. The molecule has 2 aliphatic heterocycles. The molecular formula is C22H24N4O10. The van der Waals surface area contributed by atoms with Gasteiger partial charge in [-0.3, -0.25) is 4.79 Å². The van der Waals surface area contributed by atoms with Crippen LogP contribution in [0.5, 0.6) is 23.0 Å². The number of hydrazone groups is 1. The first-order chi connectivity index (χ1) is 17.5. The number of nitrogens with one attached hydrogen (secondary N) is 1. The maximum absolute atomic E-state index is 12.3. The van der Waals surface area contributed by atoms with Crippen LogP contribution >= 0.6 is 0 Å². The molecule has 14 heteroatoms. The lowest BCUT2D eigenvalue weighted by molar-refractivity contribution is -0.135. The number of benzene rings is 1. The molecule has 3 heterocycles. The lowest BCUT2D eigenvalue weighted by Crippen LogP contribution is -2.20. The van der Waals surface area contributed by atoms with Crippen molar-refractivity contribution in [2.75, 3.05) is 27.6 Å². The Morgan fingerprint density at radius 3 is 2.67 bits per heavy atom. The summed E-state index contributed by atoms with van der Waals surface area (Å²) in [6.07, 6.45) is 1.27. The van der Waals surface area contributed by atoms with Crippen molar-refractivity contribution in [1.29, 1.82) is 0 Å². The first kappa shape index (κ1) is 24.8. The van der Waals surface area contributed by atoms with E-state index in [0.717, 1.165) is 0 Å². The Balaban J connectivity index is 1.63. The second-order valence-electron chi connectivity index (χ2n) is 7.45. The lowest BCUT2D eigenvalue weighted by Gasteiger charge is -2.19. The number of oxime groups is 1. The number of hydrogen-bond acceptors (Lipinski definition) is 13. The van der Waals surface area contributed by atoms with E-state index < -0.39 is 24.6 Å². The number of hydrogen-bond donors (Lipinski definition) is 2. The quantitative estimate of drug-likeness (QED) is 0.268. The average Bonchev–Trinajstić information content (AvgIpc) is 3.65. The predicted octanol–water partition coefficient (Wildman–Crippen LogP) is 0.927. The summed E-state index contributed by atoms with van der Waals surface area (Å²) in [6.45, 7) is 1.48. The third-order valence-electron chi connectivity index (χ3n) is 5.26. The van der Waals surface area contributed by atoms with Gasteiger partial charge in [0.1, 0.15) is 12.7 Å². The Labute approximate surface area is 204 Å². The molecule has 192 valence electrons. The van der Waals surface area contributed by atoms with Gasteiger partial charge in [-0.05, 0) is 6.92 Å². The van der Waals surface area contributed by atoms with Gasteiger partial charge in [-0.2, -0.15) is 5.10 Å². The zero-order chi connectivity index (χ0) is 25.7. The Morgan fingerprint density at radius 1 is 1.25 bits per heavy atom. The van der Waals surface area contributed by atoms with Crippen molar-refractivity contribution in [3.05, 3.63) is 28.6 Å². The maximum atomic E-state index is 12.3. The third-order valence-corrected chi connectivity index (χ3v) is 5.26. The van der Waals surface area contributed by atoms with Crippen LogP contribution in [0.25, 0.3) is 0 Å². The fourth-order valence-electron chi connectivity index (χ4n) is 3.70. The van der Waals surface area contributed by atoms with Gasteiger partial charge in [-0.15, -0.1) is 0 Å². The van der Waals surface area contributed by atoms with Crippen molar-refractivity contribution in [3.63, 3.8) is 0 Å². The smallest absolute Gasteiger partial charge is 0.356 e. The van der Waals surface area contributed by atoms with Crippen molar-refractivity contribution in [1.82, 2.24) is 10.6 Å². The van der Waals surface area contributed by atoms with E-state index in [1.165, 1.54) is 26.5 Å². The summed E-state index contributed by atoms with van der Waals surface area (Å²) in [4.78, 5) is 29.8. The van der Waals surface area contributed by atoms with Crippen LogP contribution in [-0.2, 0) is 27.4 Å². The fourth-order valence-corrected chi connectivity index (χ4v) is 3.70. The van der Waals surface area contributed by atoms with E-state index in [4.69, 9.17) is 38.2 Å². The van der Waals surface area contributed by atoms with Crippen LogP contribution in [0.15, 0.2) is 20.8 Å². The molecule has 1 aromatic carbocycles. The van der Waals surface area contributed by atoms with Gasteiger partial charge in [0.2, 0.25) is 18.3 Å². The van der Waals surface area contributed by atoms with Gasteiger partial charge in [0.05, 0.1) is 27.0 Å². The van der Waals surface area contributed by atoms with Crippen LogP contribution in [0, 0.1) is 0 Å². The lowest BCUT2D eigenvalue weighted by atomic mass is 9.96. The minimum atomic E-state index is -0.658. The summed E-state index contributed by atoms with van der Waals surface area (Å²) < 4.78 is 32.2. The SMILES string of the molecule is CCOC(=O)C1=NO[C@H](Cc2c(/C=N/NC(=O)c3cc(CO)on3)c(OC)c3c(c2OC)OCO3)C1. The van der Waals surface area contributed by atoms with Crippen LogP contribution in [0.3, 0.4) is 0 Å². The number of aromatic nitrogens is 1. The molecule has 2 aromatic rings. The zero-order valence-electron chi connectivity index (χ0n) is 19.7. The third kappa shape index (κ3) is 4.88. The number of aliphatic hydroxyl groups is 1. The average molecular weight is 504 g/mol. The van der Waals surface area contributed by atoms with Gasteiger partial charge in [-0.25, -0.2) is 10.2 Å². The molecule has 0 unspecified atom stereocenters. The molecule has 36 heavy (non-hydrogen) atoms. The van der Waals surface area contributed by atoms with Crippen LogP contribution in [0.1, 0.15) is 40.7 Å². The molecule has 1 atom stereocenters. The molecule has 0 bridgehead atoms. The van der Waals surface area contributed by atoms with Crippen LogP contribution in [0.2, 0.25) is 0 Å². The largest absolute Gasteiger partial charge is 0.492 e. The fraction of sp³-hybridized carbons (Fsp3) is 0.409. The van der Waals surface area contributed by atoms with Crippen LogP contribution in [-0.4, -0.2) is 67.8 Å². The predicted molar refractivity (Wildman–Crippen MR) is 120 cm³/mol. The Bertz CT molecular complexity index is 1210. The summed E-state index contributed by atoms with van der Waals surface area (Å²) in [5, 5.41) is 20.5. The van der Waals surface area contributed by atoms with E-state index in [-0.39, 0.29) is 43.4 Å². The highest BCUT2D eigenvalue weighted by atomic mass is 16.7. The molecule has 14 nitrogen and oxygen atoms in total. The Hall–Kier alpha value is -4.33. The Kier molecular flexibility index (Phi) is 7.53. The highest BCUT2D eigenvalue weighted by Gasteiger charge is 2.34. The van der Waals surface area contributed by atoms with Gasteiger partial charge in [0.15, 0.2) is 28.7 Å². The molecule has 0 saturated carbocycles. The van der Waals surface area contributed by atoms with Crippen LogP contribution in [0.4, 0.5) is 0 Å². The minimum Gasteiger partial charge on any atom is -0.492 e. The van der Waals surface area contributed by atoms with E-state index in [1.807, 2.05) is 0 Å². The van der Waals surface area contributed by atoms with Gasteiger partial charge in [0.25, 0.3) is 5.91 Å². The molecule has 0 radical (unpaired) electrons. The molecule has 0 fully saturated rings. The first-order valence-corrected chi connectivity index (χ1v) is 10.9. The summed E-state index contributed by atoms with van der Waals surface area (Å²) in [5.41, 5.74) is 3.43. The first-order valence-electron chi connectivity index (χ1n) is 10.9. The molecule has 0 aliphatic carbocycles. The van der Waals surface area contributed by atoms with Gasteiger partial charge < -0.3 is 38.2 Å². The molecule has 1 amide bonds. The highest BCUT2D eigenvalue weighted by Crippen LogP contribution is 2.52. The van der Waals surface area contributed by atoms with E-state index in [0.29, 0.717) is 34.1 Å².